The standard InChI is InChI=1S/C27H29F9N8O4/c1-15-8-37-20(43-5-4-42(12-21(43)45)24-38-9-17(10-39-24)26(31,32)33)7-19(15)48-13-16(2)41-18-11-40-44(14-47-6-3-25(28,29)30)23(46)22(18)27(34,35)36/h7-11,16,21,41,45H,3-6,12-14H2,1-2H3/t16-,21-/m0/s1. The lowest BCUT2D eigenvalue weighted by atomic mass is 10.2. The van der Waals surface area contributed by atoms with Crippen molar-refractivity contribution in [3.63, 3.8) is 0 Å². The lowest BCUT2D eigenvalue weighted by Crippen LogP contribution is -2.54. The monoisotopic (exact) mass is 700 g/mol. The first-order valence-electron chi connectivity index (χ1n) is 14.1. The fourth-order valence-corrected chi connectivity index (χ4v) is 4.48. The Morgan fingerprint density at radius 3 is 2.29 bits per heavy atom. The third kappa shape index (κ3) is 9.36. The number of aryl methyl sites for hydroxylation is 1. The number of β-amino-alcohol motifs (C(OH)–C–C–N with tert-alkyl or cyclic N) is 1. The molecule has 1 saturated heterocycles. The second-order valence-electron chi connectivity index (χ2n) is 10.7. The fourth-order valence-electron chi connectivity index (χ4n) is 4.48. The van der Waals surface area contributed by atoms with Crippen molar-refractivity contribution in [3.8, 4) is 5.75 Å². The molecule has 0 amide bonds. The van der Waals surface area contributed by atoms with E-state index in [1.807, 2.05) is 0 Å². The Bertz CT molecular complexity index is 1600. The van der Waals surface area contributed by atoms with Gasteiger partial charge in [-0.15, -0.1) is 0 Å². The Labute approximate surface area is 266 Å². The Morgan fingerprint density at radius 1 is 1.00 bits per heavy atom. The molecule has 1 aliphatic rings. The van der Waals surface area contributed by atoms with Gasteiger partial charge < -0.3 is 29.7 Å². The van der Waals surface area contributed by atoms with Crippen LogP contribution in [0.4, 0.5) is 57.0 Å². The molecule has 3 aromatic rings. The summed E-state index contributed by atoms with van der Waals surface area (Å²) in [5.74, 6) is 0.552. The minimum Gasteiger partial charge on any atom is -0.491 e. The average Bonchev–Trinajstić information content (AvgIpc) is 2.98. The maximum absolute atomic E-state index is 13.8. The molecule has 21 heteroatoms. The zero-order valence-corrected chi connectivity index (χ0v) is 25.2. The summed E-state index contributed by atoms with van der Waals surface area (Å²) in [6.45, 7) is 1.44. The number of aliphatic hydroxyl groups is 1. The van der Waals surface area contributed by atoms with Crippen molar-refractivity contribution in [3.05, 3.63) is 57.9 Å². The van der Waals surface area contributed by atoms with Crippen LogP contribution in [0.15, 0.2) is 35.6 Å². The summed E-state index contributed by atoms with van der Waals surface area (Å²) in [5, 5.41) is 16.9. The van der Waals surface area contributed by atoms with Crippen LogP contribution in [0.1, 0.15) is 30.0 Å². The number of pyridine rings is 1. The normalized spacial score (nSPS) is 16.6. The molecule has 12 nitrogen and oxygen atoms in total. The molecule has 0 saturated carbocycles. The van der Waals surface area contributed by atoms with Crippen molar-refractivity contribution in [2.24, 2.45) is 0 Å². The van der Waals surface area contributed by atoms with E-state index >= 15 is 0 Å². The summed E-state index contributed by atoms with van der Waals surface area (Å²) in [6.07, 6.45) is -13.4. The van der Waals surface area contributed by atoms with Crippen LogP contribution < -0.4 is 25.4 Å². The van der Waals surface area contributed by atoms with Gasteiger partial charge in [-0.1, -0.05) is 0 Å². The highest BCUT2D eigenvalue weighted by molar-refractivity contribution is 5.51. The Balaban J connectivity index is 1.39. The maximum atomic E-state index is 13.8. The number of aromatic nitrogens is 5. The minimum atomic E-state index is -5.14. The van der Waals surface area contributed by atoms with E-state index in [0.717, 1.165) is 0 Å². The van der Waals surface area contributed by atoms with Crippen molar-refractivity contribution in [1.82, 2.24) is 24.7 Å². The molecule has 0 radical (unpaired) electrons. The molecular weight excluding hydrogens is 671 g/mol. The number of halogens is 9. The first-order valence-corrected chi connectivity index (χ1v) is 14.1. The van der Waals surface area contributed by atoms with Gasteiger partial charge in [-0.25, -0.2) is 19.6 Å². The quantitative estimate of drug-likeness (QED) is 0.220. The van der Waals surface area contributed by atoms with Crippen molar-refractivity contribution in [2.75, 3.05) is 48.0 Å². The van der Waals surface area contributed by atoms with Crippen LogP contribution in [-0.4, -0.2) is 81.1 Å². The van der Waals surface area contributed by atoms with Gasteiger partial charge in [0.05, 0.1) is 43.1 Å². The Hall–Kier alpha value is -4.40. The van der Waals surface area contributed by atoms with Crippen LogP contribution in [0.5, 0.6) is 5.75 Å². The van der Waals surface area contributed by atoms with Crippen molar-refractivity contribution in [1.29, 1.82) is 0 Å². The number of aliphatic hydroxyl groups excluding tert-OH is 1. The summed E-state index contributed by atoms with van der Waals surface area (Å²) >= 11 is 0. The van der Waals surface area contributed by atoms with E-state index in [9.17, 15) is 49.4 Å². The van der Waals surface area contributed by atoms with Gasteiger partial charge in [-0.2, -0.15) is 44.6 Å². The average molecular weight is 701 g/mol. The van der Waals surface area contributed by atoms with E-state index in [0.29, 0.717) is 24.2 Å². The number of nitrogens with zero attached hydrogens (tertiary/aromatic N) is 7. The summed E-state index contributed by atoms with van der Waals surface area (Å²) < 4.78 is 128. The van der Waals surface area contributed by atoms with Crippen molar-refractivity contribution < 1.29 is 54.1 Å². The maximum Gasteiger partial charge on any atom is 0.423 e. The molecule has 0 unspecified atom stereocenters. The van der Waals surface area contributed by atoms with Crippen molar-refractivity contribution in [2.45, 2.75) is 57.8 Å². The Kier molecular flexibility index (Phi) is 10.9. The molecule has 0 aliphatic carbocycles. The molecule has 0 spiro atoms. The second kappa shape index (κ2) is 14.4. The van der Waals surface area contributed by atoms with Gasteiger partial charge in [0.2, 0.25) is 5.95 Å². The largest absolute Gasteiger partial charge is 0.491 e. The molecule has 3 aromatic heterocycles. The van der Waals surface area contributed by atoms with Gasteiger partial charge in [0.1, 0.15) is 36.7 Å². The highest BCUT2D eigenvalue weighted by atomic mass is 19.4. The van der Waals surface area contributed by atoms with E-state index in [4.69, 9.17) is 4.74 Å². The fraction of sp³-hybridized carbons (Fsp3) is 0.519. The predicted octanol–water partition coefficient (Wildman–Crippen LogP) is 4.23. The van der Waals surface area contributed by atoms with Crippen LogP contribution in [0, 0.1) is 6.92 Å². The summed E-state index contributed by atoms with van der Waals surface area (Å²) in [6, 6.07) is 0.665. The van der Waals surface area contributed by atoms with Crippen LogP contribution in [0.25, 0.3) is 0 Å². The molecule has 4 heterocycles. The third-order valence-electron chi connectivity index (χ3n) is 6.90. The van der Waals surface area contributed by atoms with Crippen LogP contribution in [0.2, 0.25) is 0 Å². The number of hydrogen-bond acceptors (Lipinski definition) is 11. The zero-order chi connectivity index (χ0) is 35.4. The molecule has 0 aromatic carbocycles. The highest BCUT2D eigenvalue weighted by Crippen LogP contribution is 2.33. The molecule has 2 N–H and O–H groups in total. The van der Waals surface area contributed by atoms with E-state index < -0.39 is 72.9 Å². The predicted molar refractivity (Wildman–Crippen MR) is 150 cm³/mol. The van der Waals surface area contributed by atoms with Crippen LogP contribution in [-0.2, 0) is 23.8 Å². The van der Waals surface area contributed by atoms with Crippen LogP contribution in [0.3, 0.4) is 0 Å². The first kappa shape index (κ1) is 36.4. The smallest absolute Gasteiger partial charge is 0.423 e. The molecule has 1 aliphatic heterocycles. The molecule has 48 heavy (non-hydrogen) atoms. The minimum absolute atomic E-state index is 0.000411. The molecule has 0 bridgehead atoms. The summed E-state index contributed by atoms with van der Waals surface area (Å²) in [5.41, 5.74) is -4.39. The van der Waals surface area contributed by atoms with Crippen molar-refractivity contribution >= 4 is 17.5 Å². The van der Waals surface area contributed by atoms with Crippen LogP contribution >= 0.6 is 0 Å². The molecule has 264 valence electrons. The first-order chi connectivity index (χ1) is 22.3. The number of ether oxygens (including phenoxy) is 2. The number of hydrogen-bond donors (Lipinski definition) is 2. The van der Waals surface area contributed by atoms with Gasteiger partial charge in [0, 0.05) is 43.3 Å². The zero-order valence-electron chi connectivity index (χ0n) is 25.2. The molecule has 4 rings (SSSR count). The summed E-state index contributed by atoms with van der Waals surface area (Å²) in [4.78, 5) is 27.3. The molecular formula is C27H29F9N8O4. The topological polar surface area (TPSA) is 131 Å². The van der Waals surface area contributed by atoms with Gasteiger partial charge >= 0.3 is 18.5 Å². The number of nitrogens with one attached hydrogen (secondary N) is 1. The van der Waals surface area contributed by atoms with Gasteiger partial charge in [-0.3, -0.25) is 4.79 Å². The number of piperazine rings is 1. The summed E-state index contributed by atoms with van der Waals surface area (Å²) in [7, 11) is 0. The molecule has 1 fully saturated rings. The van der Waals surface area contributed by atoms with Gasteiger partial charge in [0.15, 0.2) is 0 Å². The second-order valence-corrected chi connectivity index (χ2v) is 10.7. The van der Waals surface area contributed by atoms with E-state index in [-0.39, 0.29) is 48.4 Å². The Morgan fingerprint density at radius 2 is 1.69 bits per heavy atom. The highest BCUT2D eigenvalue weighted by Gasteiger charge is 2.39. The number of alkyl halides is 9. The van der Waals surface area contributed by atoms with E-state index in [2.05, 4.69) is 30.1 Å². The number of anilines is 3. The van der Waals surface area contributed by atoms with E-state index in [1.165, 1.54) is 29.0 Å². The number of rotatable bonds is 11. The third-order valence-corrected chi connectivity index (χ3v) is 6.90. The molecule has 2 atom stereocenters. The lowest BCUT2D eigenvalue weighted by Gasteiger charge is -2.39. The van der Waals surface area contributed by atoms with Gasteiger partial charge in [0.25, 0.3) is 5.56 Å². The van der Waals surface area contributed by atoms with E-state index in [1.54, 1.807) is 6.92 Å². The SMILES string of the molecule is Cc1cnc(N2CCN(c3ncc(C(F)(F)F)cn3)C[C@@H]2O)cc1OC[C@H](C)Nc1cnn(COCCC(F)(F)F)c(=O)c1C(F)(F)F. The lowest BCUT2D eigenvalue weighted by molar-refractivity contribution is -0.148. The van der Waals surface area contributed by atoms with Gasteiger partial charge in [-0.05, 0) is 13.8 Å².